The molecule has 12 heteroatoms. The van der Waals surface area contributed by atoms with E-state index in [1.807, 2.05) is 22.9 Å². The highest BCUT2D eigenvalue weighted by atomic mass is 32.1. The van der Waals surface area contributed by atoms with Gasteiger partial charge in [-0.1, -0.05) is 6.07 Å². The maximum absolute atomic E-state index is 12.6. The Kier molecular flexibility index (Phi) is 5.74. The van der Waals surface area contributed by atoms with Gasteiger partial charge in [0.2, 0.25) is 4.96 Å². The van der Waals surface area contributed by atoms with Gasteiger partial charge in [0.1, 0.15) is 0 Å². The number of aromatic nitrogens is 3. The molecule has 0 saturated carbocycles. The molecule has 2 amide bonds. The average Bonchev–Trinajstić information content (AvgIpc) is 3.45. The van der Waals surface area contributed by atoms with Crippen LogP contribution in [0, 0.1) is 0 Å². The summed E-state index contributed by atoms with van der Waals surface area (Å²) in [6.07, 6.45) is -4.05. The molecule has 3 aromatic heterocycles. The van der Waals surface area contributed by atoms with Crippen LogP contribution in [0.3, 0.4) is 0 Å². The van der Waals surface area contributed by atoms with Crippen molar-refractivity contribution in [3.63, 3.8) is 0 Å². The molecule has 3 heterocycles. The summed E-state index contributed by atoms with van der Waals surface area (Å²) >= 11 is 2.96. The molecule has 31 heavy (non-hydrogen) atoms. The van der Waals surface area contributed by atoms with Crippen LogP contribution in [0.5, 0.6) is 0 Å². The Balaban J connectivity index is 1.31. The summed E-state index contributed by atoms with van der Waals surface area (Å²) in [5, 5.41) is 13.1. The van der Waals surface area contributed by atoms with E-state index in [0.29, 0.717) is 12.2 Å². The Morgan fingerprint density at radius 3 is 2.52 bits per heavy atom. The third kappa shape index (κ3) is 4.75. The average molecular weight is 465 g/mol. The first-order valence-corrected chi connectivity index (χ1v) is 10.7. The number of nitrogens with one attached hydrogen (secondary N) is 2. The second kappa shape index (κ2) is 8.47. The van der Waals surface area contributed by atoms with Gasteiger partial charge < -0.3 is 10.6 Å². The van der Waals surface area contributed by atoms with Gasteiger partial charge >= 0.3 is 18.0 Å². The molecule has 0 atom stereocenters. The summed E-state index contributed by atoms with van der Waals surface area (Å²) in [6, 6.07) is 7.69. The number of carbonyl (C=O) groups excluding carboxylic acids is 2. The van der Waals surface area contributed by atoms with Gasteiger partial charge in [0.05, 0.1) is 16.1 Å². The maximum Gasteiger partial charge on any atom is 0.416 e. The quantitative estimate of drug-likeness (QED) is 0.439. The van der Waals surface area contributed by atoms with E-state index >= 15 is 0 Å². The van der Waals surface area contributed by atoms with Crippen molar-refractivity contribution in [3.8, 4) is 10.7 Å². The fourth-order valence-corrected chi connectivity index (χ4v) is 4.23. The van der Waals surface area contributed by atoms with Crippen LogP contribution >= 0.6 is 22.7 Å². The van der Waals surface area contributed by atoms with Crippen molar-refractivity contribution in [2.45, 2.75) is 12.6 Å². The maximum atomic E-state index is 12.6. The van der Waals surface area contributed by atoms with E-state index in [-0.39, 0.29) is 12.2 Å². The van der Waals surface area contributed by atoms with E-state index in [2.05, 4.69) is 20.7 Å². The number of thiophene rings is 1. The number of alkyl halides is 3. The first-order valence-electron chi connectivity index (χ1n) is 8.95. The van der Waals surface area contributed by atoms with Gasteiger partial charge in [0, 0.05) is 24.0 Å². The molecule has 0 aliphatic carbocycles. The second-order valence-corrected chi connectivity index (χ2v) is 8.15. The lowest BCUT2D eigenvalue weighted by Gasteiger charge is -2.09. The highest BCUT2D eigenvalue weighted by molar-refractivity contribution is 7.15. The Bertz CT molecular complexity index is 1210. The van der Waals surface area contributed by atoms with Gasteiger partial charge in [-0.3, -0.25) is 9.59 Å². The number of benzene rings is 1. The minimum absolute atomic E-state index is 0.0939. The van der Waals surface area contributed by atoms with Gasteiger partial charge in [0.15, 0.2) is 5.82 Å². The summed E-state index contributed by atoms with van der Waals surface area (Å²) < 4.78 is 39.4. The topological polar surface area (TPSA) is 88.4 Å². The third-order valence-electron chi connectivity index (χ3n) is 4.23. The molecule has 160 valence electrons. The SMILES string of the molecule is O=C(NCCc1csc2nc(-c3cccs3)nn12)C(=O)Nc1ccc(C(F)(F)F)cc1. The van der Waals surface area contributed by atoms with Gasteiger partial charge in [0.25, 0.3) is 0 Å². The molecule has 1 aromatic carbocycles. The molecule has 0 fully saturated rings. The van der Waals surface area contributed by atoms with E-state index in [0.717, 1.165) is 39.8 Å². The van der Waals surface area contributed by atoms with Crippen molar-refractivity contribution in [2.24, 2.45) is 0 Å². The highest BCUT2D eigenvalue weighted by Gasteiger charge is 2.30. The van der Waals surface area contributed by atoms with E-state index in [4.69, 9.17) is 0 Å². The van der Waals surface area contributed by atoms with Crippen LogP contribution in [0.1, 0.15) is 11.3 Å². The van der Waals surface area contributed by atoms with Gasteiger partial charge in [-0.15, -0.1) is 27.8 Å². The number of nitrogens with zero attached hydrogens (tertiary/aromatic N) is 3. The summed E-state index contributed by atoms with van der Waals surface area (Å²) in [5.74, 6) is -1.22. The molecular formula is C19H14F3N5O2S2. The Hall–Kier alpha value is -3.25. The number of amides is 2. The first-order chi connectivity index (χ1) is 14.8. The third-order valence-corrected chi connectivity index (χ3v) is 5.97. The molecule has 4 rings (SSSR count). The Labute approximate surface area is 181 Å². The van der Waals surface area contributed by atoms with Crippen LogP contribution in [-0.2, 0) is 22.2 Å². The minimum atomic E-state index is -4.47. The smallest absolute Gasteiger partial charge is 0.347 e. The van der Waals surface area contributed by atoms with Crippen LogP contribution in [0.15, 0.2) is 47.2 Å². The standard InChI is InChI=1S/C19H14F3N5O2S2/c20-19(21,22)11-3-5-12(6-4-11)24-17(29)16(28)23-8-7-13-10-31-18-25-15(26-27(13)18)14-2-1-9-30-14/h1-6,9-10H,7-8H2,(H,23,28)(H,24,29). The molecule has 4 aromatic rings. The van der Waals surface area contributed by atoms with Crippen molar-refractivity contribution in [1.82, 2.24) is 19.9 Å². The molecule has 7 nitrogen and oxygen atoms in total. The number of halogens is 3. The van der Waals surface area contributed by atoms with Crippen molar-refractivity contribution < 1.29 is 22.8 Å². The zero-order valence-corrected chi connectivity index (χ0v) is 17.3. The number of hydrogen-bond acceptors (Lipinski definition) is 6. The predicted molar refractivity (Wildman–Crippen MR) is 111 cm³/mol. The fourth-order valence-electron chi connectivity index (χ4n) is 2.72. The molecule has 2 N–H and O–H groups in total. The minimum Gasteiger partial charge on any atom is -0.347 e. The highest BCUT2D eigenvalue weighted by Crippen LogP contribution is 2.29. The van der Waals surface area contributed by atoms with E-state index in [1.54, 1.807) is 4.52 Å². The Morgan fingerprint density at radius 2 is 1.84 bits per heavy atom. The van der Waals surface area contributed by atoms with Crippen molar-refractivity contribution in [1.29, 1.82) is 0 Å². The van der Waals surface area contributed by atoms with Gasteiger partial charge in [-0.05, 0) is 35.7 Å². The Morgan fingerprint density at radius 1 is 1.06 bits per heavy atom. The number of fused-ring (bicyclic) bond motifs is 1. The van der Waals surface area contributed by atoms with Crippen LogP contribution in [0.4, 0.5) is 18.9 Å². The van der Waals surface area contributed by atoms with E-state index < -0.39 is 23.6 Å². The van der Waals surface area contributed by atoms with Crippen molar-refractivity contribution in [2.75, 3.05) is 11.9 Å². The van der Waals surface area contributed by atoms with Crippen LogP contribution in [0.2, 0.25) is 0 Å². The lowest BCUT2D eigenvalue weighted by atomic mass is 10.2. The molecule has 0 bridgehead atoms. The zero-order chi connectivity index (χ0) is 22.0. The largest absolute Gasteiger partial charge is 0.416 e. The first kappa shape index (κ1) is 21.0. The van der Waals surface area contributed by atoms with E-state index in [9.17, 15) is 22.8 Å². The zero-order valence-electron chi connectivity index (χ0n) is 15.6. The monoisotopic (exact) mass is 465 g/mol. The summed E-state index contributed by atoms with van der Waals surface area (Å²) in [6.45, 7) is 0.180. The van der Waals surface area contributed by atoms with Crippen LogP contribution in [-0.4, -0.2) is 33.0 Å². The molecular weight excluding hydrogens is 451 g/mol. The van der Waals surface area contributed by atoms with Gasteiger partial charge in [-0.25, -0.2) is 4.52 Å². The van der Waals surface area contributed by atoms with Crippen molar-refractivity contribution in [3.05, 3.63) is 58.4 Å². The second-order valence-electron chi connectivity index (χ2n) is 6.37. The van der Waals surface area contributed by atoms with Crippen LogP contribution < -0.4 is 10.6 Å². The molecule has 0 aliphatic rings. The van der Waals surface area contributed by atoms with Crippen LogP contribution in [0.25, 0.3) is 15.7 Å². The number of anilines is 1. The van der Waals surface area contributed by atoms with Crippen molar-refractivity contribution >= 4 is 45.1 Å². The normalized spacial score (nSPS) is 11.6. The number of carbonyl (C=O) groups is 2. The van der Waals surface area contributed by atoms with Gasteiger partial charge in [-0.2, -0.15) is 18.2 Å². The lowest BCUT2D eigenvalue weighted by molar-refractivity contribution is -0.137. The predicted octanol–water partition coefficient (Wildman–Crippen LogP) is 3.84. The van der Waals surface area contributed by atoms with E-state index in [1.165, 1.54) is 22.7 Å². The summed E-state index contributed by atoms with van der Waals surface area (Å²) in [7, 11) is 0. The molecule has 0 saturated heterocycles. The lowest BCUT2D eigenvalue weighted by Crippen LogP contribution is -2.36. The summed E-state index contributed by atoms with van der Waals surface area (Å²) in [5.41, 5.74) is 0.0857. The number of rotatable bonds is 5. The number of thiazole rings is 1. The summed E-state index contributed by atoms with van der Waals surface area (Å²) in [4.78, 5) is 30.1. The molecule has 0 unspecified atom stereocenters. The molecule has 0 spiro atoms. The fraction of sp³-hybridized carbons (Fsp3) is 0.158. The molecule has 0 aliphatic heterocycles. The number of hydrogen-bond donors (Lipinski definition) is 2. The molecule has 0 radical (unpaired) electrons.